The molecule has 18 heavy (non-hydrogen) atoms. The Morgan fingerprint density at radius 3 is 2.94 bits per heavy atom. The highest BCUT2D eigenvalue weighted by Crippen LogP contribution is 2.16. The van der Waals surface area contributed by atoms with Crippen molar-refractivity contribution < 1.29 is 14.7 Å². The van der Waals surface area contributed by atoms with Gasteiger partial charge in [-0.3, -0.25) is 9.78 Å². The lowest BCUT2D eigenvalue weighted by molar-refractivity contribution is -0.128. The summed E-state index contributed by atoms with van der Waals surface area (Å²) < 4.78 is 0. The lowest BCUT2D eigenvalue weighted by Crippen LogP contribution is -2.25. The minimum absolute atomic E-state index is 0.0116. The first-order valence-corrected chi connectivity index (χ1v) is 5.52. The van der Waals surface area contributed by atoms with Crippen LogP contribution in [-0.4, -0.2) is 33.4 Å². The number of carboxylic acid groups (broad SMARTS) is 1. The van der Waals surface area contributed by atoms with Gasteiger partial charge < -0.3 is 10.0 Å². The average Bonchev–Trinajstić information content (AvgIpc) is 2.75. The van der Waals surface area contributed by atoms with Crippen molar-refractivity contribution >= 4 is 11.9 Å². The van der Waals surface area contributed by atoms with Crippen LogP contribution in [0.2, 0.25) is 0 Å². The summed E-state index contributed by atoms with van der Waals surface area (Å²) in [5.41, 5.74) is 0.495. The fourth-order valence-electron chi connectivity index (χ4n) is 1.92. The molecule has 92 valence electrons. The van der Waals surface area contributed by atoms with Crippen LogP contribution in [0.25, 0.3) is 0 Å². The minimum Gasteiger partial charge on any atom is -0.478 e. The Morgan fingerprint density at radius 1 is 1.61 bits per heavy atom. The SMILES string of the molecule is N#Cc1cnc(CN2CCCC2=O)c(C(=O)O)c1. The number of aromatic nitrogens is 1. The van der Waals surface area contributed by atoms with Gasteiger partial charge in [0.15, 0.2) is 0 Å². The zero-order chi connectivity index (χ0) is 13.1. The minimum atomic E-state index is -1.14. The van der Waals surface area contributed by atoms with E-state index in [9.17, 15) is 9.59 Å². The van der Waals surface area contributed by atoms with Gasteiger partial charge in [0.05, 0.1) is 23.4 Å². The Hall–Kier alpha value is -2.42. The Kier molecular flexibility index (Phi) is 3.24. The molecule has 0 bridgehead atoms. The van der Waals surface area contributed by atoms with Gasteiger partial charge in [0.25, 0.3) is 0 Å². The number of likely N-dealkylation sites (tertiary alicyclic amines) is 1. The fourth-order valence-corrected chi connectivity index (χ4v) is 1.92. The molecule has 0 aromatic carbocycles. The summed E-state index contributed by atoms with van der Waals surface area (Å²) in [6.07, 6.45) is 2.61. The summed E-state index contributed by atoms with van der Waals surface area (Å²) in [7, 11) is 0. The summed E-state index contributed by atoms with van der Waals surface area (Å²) in [5, 5.41) is 17.8. The normalized spacial score (nSPS) is 14.6. The molecule has 1 aliphatic heterocycles. The van der Waals surface area contributed by atoms with Crippen LogP contribution < -0.4 is 0 Å². The molecule has 1 N–H and O–H groups in total. The molecule has 2 rings (SSSR count). The Balaban J connectivity index is 2.30. The van der Waals surface area contributed by atoms with Gasteiger partial charge in [-0.1, -0.05) is 0 Å². The van der Waals surface area contributed by atoms with Gasteiger partial charge in [-0.2, -0.15) is 5.26 Å². The number of carboxylic acids is 1. The molecule has 0 radical (unpaired) electrons. The molecule has 2 heterocycles. The summed E-state index contributed by atoms with van der Waals surface area (Å²) in [6, 6.07) is 3.13. The Morgan fingerprint density at radius 2 is 2.39 bits per heavy atom. The standard InChI is InChI=1S/C12H11N3O3/c13-5-8-4-9(12(17)18)10(14-6-8)7-15-3-1-2-11(15)16/h4,6H,1-3,7H2,(H,17,18). The highest BCUT2D eigenvalue weighted by atomic mass is 16.4. The van der Waals surface area contributed by atoms with E-state index >= 15 is 0 Å². The number of carbonyl (C=O) groups is 2. The summed E-state index contributed by atoms with van der Waals surface area (Å²) in [5.74, 6) is -1.13. The first-order valence-electron chi connectivity index (χ1n) is 5.52. The van der Waals surface area contributed by atoms with Crippen LogP contribution in [0.3, 0.4) is 0 Å². The molecule has 1 aromatic heterocycles. The smallest absolute Gasteiger partial charge is 0.337 e. The van der Waals surface area contributed by atoms with E-state index < -0.39 is 5.97 Å². The maximum atomic E-state index is 11.5. The molecule has 1 amide bonds. The van der Waals surface area contributed by atoms with Crippen LogP contribution >= 0.6 is 0 Å². The second-order valence-electron chi connectivity index (χ2n) is 4.05. The van der Waals surface area contributed by atoms with Gasteiger partial charge in [-0.25, -0.2) is 4.79 Å². The van der Waals surface area contributed by atoms with Crippen LogP contribution in [0.5, 0.6) is 0 Å². The second kappa shape index (κ2) is 4.84. The van der Waals surface area contributed by atoms with Crippen LogP contribution in [0.15, 0.2) is 12.3 Å². The van der Waals surface area contributed by atoms with Crippen molar-refractivity contribution in [2.45, 2.75) is 19.4 Å². The van der Waals surface area contributed by atoms with Gasteiger partial charge in [0.2, 0.25) is 5.91 Å². The molecule has 1 aromatic rings. The van der Waals surface area contributed by atoms with Crippen molar-refractivity contribution in [1.29, 1.82) is 5.26 Å². The molecular weight excluding hydrogens is 234 g/mol. The molecule has 1 saturated heterocycles. The average molecular weight is 245 g/mol. The molecule has 6 nitrogen and oxygen atoms in total. The number of aromatic carboxylic acids is 1. The molecule has 0 unspecified atom stereocenters. The molecule has 0 atom stereocenters. The van der Waals surface area contributed by atoms with Crippen molar-refractivity contribution in [1.82, 2.24) is 9.88 Å². The fraction of sp³-hybridized carbons (Fsp3) is 0.333. The highest BCUT2D eigenvalue weighted by molar-refractivity contribution is 5.89. The lowest BCUT2D eigenvalue weighted by atomic mass is 10.1. The van der Waals surface area contributed by atoms with E-state index in [-0.39, 0.29) is 23.6 Å². The maximum absolute atomic E-state index is 11.5. The van der Waals surface area contributed by atoms with E-state index in [0.29, 0.717) is 18.7 Å². The van der Waals surface area contributed by atoms with Crippen molar-refractivity contribution in [2.75, 3.05) is 6.54 Å². The number of rotatable bonds is 3. The first-order chi connectivity index (χ1) is 8.61. The van der Waals surface area contributed by atoms with Crippen molar-refractivity contribution in [3.8, 4) is 6.07 Å². The van der Waals surface area contributed by atoms with E-state index in [4.69, 9.17) is 10.4 Å². The van der Waals surface area contributed by atoms with Gasteiger partial charge in [0, 0.05) is 19.2 Å². The van der Waals surface area contributed by atoms with Gasteiger partial charge >= 0.3 is 5.97 Å². The summed E-state index contributed by atoms with van der Waals surface area (Å²) >= 11 is 0. The van der Waals surface area contributed by atoms with E-state index in [0.717, 1.165) is 6.42 Å². The van der Waals surface area contributed by atoms with Crippen LogP contribution in [0.1, 0.15) is 34.5 Å². The van der Waals surface area contributed by atoms with Crippen molar-refractivity contribution in [3.63, 3.8) is 0 Å². The third-order valence-corrected chi connectivity index (χ3v) is 2.84. The van der Waals surface area contributed by atoms with Crippen LogP contribution in [0, 0.1) is 11.3 Å². The number of hydrogen-bond donors (Lipinski definition) is 1. The van der Waals surface area contributed by atoms with Crippen molar-refractivity contribution in [2.24, 2.45) is 0 Å². The largest absolute Gasteiger partial charge is 0.478 e. The number of pyridine rings is 1. The zero-order valence-electron chi connectivity index (χ0n) is 9.59. The second-order valence-corrected chi connectivity index (χ2v) is 4.05. The van der Waals surface area contributed by atoms with E-state index in [1.54, 1.807) is 4.90 Å². The topological polar surface area (TPSA) is 94.3 Å². The van der Waals surface area contributed by atoms with Crippen molar-refractivity contribution in [3.05, 3.63) is 29.1 Å². The number of nitrogens with zero attached hydrogens (tertiary/aromatic N) is 3. The summed E-state index contributed by atoms with van der Waals surface area (Å²) in [4.78, 5) is 28.1. The number of carbonyl (C=O) groups excluding carboxylic acids is 1. The number of amides is 1. The molecule has 1 aliphatic rings. The predicted octanol–water partition coefficient (Wildman–Crippen LogP) is 0.774. The zero-order valence-corrected chi connectivity index (χ0v) is 9.59. The number of hydrogen-bond acceptors (Lipinski definition) is 4. The number of nitriles is 1. The van der Waals surface area contributed by atoms with E-state index in [2.05, 4.69) is 4.98 Å². The van der Waals surface area contributed by atoms with E-state index in [1.807, 2.05) is 6.07 Å². The molecule has 0 spiro atoms. The van der Waals surface area contributed by atoms with Crippen LogP contribution in [-0.2, 0) is 11.3 Å². The quantitative estimate of drug-likeness (QED) is 0.848. The maximum Gasteiger partial charge on any atom is 0.337 e. The Bertz CT molecular complexity index is 548. The molecule has 6 heteroatoms. The molecular formula is C12H11N3O3. The highest BCUT2D eigenvalue weighted by Gasteiger charge is 2.23. The molecule has 0 aliphatic carbocycles. The van der Waals surface area contributed by atoms with Gasteiger partial charge in [-0.05, 0) is 12.5 Å². The third kappa shape index (κ3) is 2.30. The van der Waals surface area contributed by atoms with E-state index in [1.165, 1.54) is 12.3 Å². The summed E-state index contributed by atoms with van der Waals surface area (Å²) in [6.45, 7) is 0.811. The van der Waals surface area contributed by atoms with Gasteiger partial charge in [0.1, 0.15) is 6.07 Å². The lowest BCUT2D eigenvalue weighted by Gasteiger charge is -2.16. The molecule has 0 saturated carbocycles. The molecule has 1 fully saturated rings. The predicted molar refractivity (Wildman–Crippen MR) is 60.6 cm³/mol. The first kappa shape index (κ1) is 12.0. The Labute approximate surface area is 103 Å². The van der Waals surface area contributed by atoms with Gasteiger partial charge in [-0.15, -0.1) is 0 Å². The third-order valence-electron chi connectivity index (χ3n) is 2.84. The van der Waals surface area contributed by atoms with Crippen LogP contribution in [0.4, 0.5) is 0 Å². The monoisotopic (exact) mass is 245 g/mol.